The fourth-order valence-corrected chi connectivity index (χ4v) is 3.53. The molecule has 1 aliphatic rings. The number of para-hydroxylation sites is 1. The standard InChI is InChI=1S/C22H25F3N2O2/c1-26(21(29)14-16-6-8-18(9-7-16)22(23,24)25)12-10-17-4-2-3-5-20(17)27-13-11-19(28)15-27/h2-9,19,28H,10-15H2,1H3/t19-/m0/s1. The van der Waals surface area contributed by atoms with Crippen molar-refractivity contribution in [2.45, 2.75) is 31.5 Å². The number of carbonyl (C=O) groups excluding carboxylic acids is 1. The molecule has 3 rings (SSSR count). The first kappa shape index (κ1) is 21.2. The van der Waals surface area contributed by atoms with Crippen molar-refractivity contribution in [2.24, 2.45) is 0 Å². The molecule has 1 saturated heterocycles. The second-order valence-corrected chi connectivity index (χ2v) is 7.45. The van der Waals surface area contributed by atoms with Crippen molar-refractivity contribution in [3.05, 3.63) is 65.2 Å². The van der Waals surface area contributed by atoms with E-state index in [0.29, 0.717) is 25.1 Å². The molecule has 0 aromatic heterocycles. The second-order valence-electron chi connectivity index (χ2n) is 7.45. The van der Waals surface area contributed by atoms with Crippen molar-refractivity contribution in [1.29, 1.82) is 0 Å². The van der Waals surface area contributed by atoms with Crippen LogP contribution < -0.4 is 4.90 Å². The third kappa shape index (κ3) is 5.50. The number of benzene rings is 2. The highest BCUT2D eigenvalue weighted by Gasteiger charge is 2.30. The highest BCUT2D eigenvalue weighted by molar-refractivity contribution is 5.78. The quantitative estimate of drug-likeness (QED) is 0.798. The Morgan fingerprint density at radius 3 is 2.48 bits per heavy atom. The Morgan fingerprint density at radius 1 is 1.17 bits per heavy atom. The maximum atomic E-state index is 12.6. The third-order valence-electron chi connectivity index (χ3n) is 5.27. The van der Waals surface area contributed by atoms with Gasteiger partial charge >= 0.3 is 6.18 Å². The van der Waals surface area contributed by atoms with Gasteiger partial charge in [0.25, 0.3) is 0 Å². The lowest BCUT2D eigenvalue weighted by atomic mass is 10.1. The van der Waals surface area contributed by atoms with E-state index in [1.54, 1.807) is 11.9 Å². The number of β-amino-alcohol motifs (C(OH)–C–C–N with tert-alkyl or cyclic N) is 1. The van der Waals surface area contributed by atoms with E-state index in [1.807, 2.05) is 24.3 Å². The molecule has 7 heteroatoms. The summed E-state index contributed by atoms with van der Waals surface area (Å²) in [5.74, 6) is -0.140. The lowest BCUT2D eigenvalue weighted by Gasteiger charge is -2.23. The summed E-state index contributed by atoms with van der Waals surface area (Å²) >= 11 is 0. The lowest BCUT2D eigenvalue weighted by Crippen LogP contribution is -2.30. The molecule has 0 aliphatic carbocycles. The molecular formula is C22H25F3N2O2. The molecular weight excluding hydrogens is 381 g/mol. The number of amides is 1. The fraction of sp³-hybridized carbons (Fsp3) is 0.409. The topological polar surface area (TPSA) is 43.8 Å². The molecule has 1 atom stereocenters. The van der Waals surface area contributed by atoms with Gasteiger partial charge in [-0.15, -0.1) is 0 Å². The van der Waals surface area contributed by atoms with Gasteiger partial charge in [0.1, 0.15) is 0 Å². The summed E-state index contributed by atoms with van der Waals surface area (Å²) in [6.45, 7) is 1.92. The summed E-state index contributed by atoms with van der Waals surface area (Å²) in [5, 5.41) is 9.79. The Hall–Kier alpha value is -2.54. The minimum atomic E-state index is -4.38. The number of rotatable bonds is 6. The summed E-state index contributed by atoms with van der Waals surface area (Å²) in [7, 11) is 1.70. The van der Waals surface area contributed by atoms with Crippen LogP contribution in [0.15, 0.2) is 48.5 Å². The van der Waals surface area contributed by atoms with Crippen LogP contribution in [0.5, 0.6) is 0 Å². The van der Waals surface area contributed by atoms with Crippen molar-refractivity contribution >= 4 is 11.6 Å². The zero-order chi connectivity index (χ0) is 21.0. The van der Waals surface area contributed by atoms with Gasteiger partial charge in [-0.2, -0.15) is 13.2 Å². The molecule has 1 amide bonds. The smallest absolute Gasteiger partial charge is 0.391 e. The van der Waals surface area contributed by atoms with Crippen LogP contribution in [0.2, 0.25) is 0 Å². The van der Waals surface area contributed by atoms with Crippen LogP contribution in [0.25, 0.3) is 0 Å². The van der Waals surface area contributed by atoms with E-state index in [2.05, 4.69) is 4.90 Å². The molecule has 1 fully saturated rings. The summed E-state index contributed by atoms with van der Waals surface area (Å²) < 4.78 is 37.9. The minimum absolute atomic E-state index is 0.0641. The minimum Gasteiger partial charge on any atom is -0.391 e. The first-order chi connectivity index (χ1) is 13.7. The van der Waals surface area contributed by atoms with Gasteiger partial charge in [-0.25, -0.2) is 0 Å². The molecule has 156 valence electrons. The van der Waals surface area contributed by atoms with Crippen molar-refractivity contribution in [3.8, 4) is 0 Å². The number of nitrogens with zero attached hydrogens (tertiary/aromatic N) is 2. The van der Waals surface area contributed by atoms with Crippen LogP contribution in [0.4, 0.5) is 18.9 Å². The van der Waals surface area contributed by atoms with Crippen molar-refractivity contribution in [3.63, 3.8) is 0 Å². The van der Waals surface area contributed by atoms with Crippen LogP contribution in [-0.2, 0) is 23.8 Å². The highest BCUT2D eigenvalue weighted by atomic mass is 19.4. The molecule has 4 nitrogen and oxygen atoms in total. The maximum absolute atomic E-state index is 12.6. The van der Waals surface area contributed by atoms with Crippen LogP contribution in [0, 0.1) is 0 Å². The van der Waals surface area contributed by atoms with Crippen LogP contribution in [0.1, 0.15) is 23.1 Å². The van der Waals surface area contributed by atoms with Crippen LogP contribution >= 0.6 is 0 Å². The number of hydrogen-bond donors (Lipinski definition) is 1. The Balaban J connectivity index is 1.57. The monoisotopic (exact) mass is 406 g/mol. The van der Waals surface area contributed by atoms with Crippen LogP contribution in [0.3, 0.4) is 0 Å². The number of anilines is 1. The first-order valence-corrected chi connectivity index (χ1v) is 9.65. The molecule has 0 spiro atoms. The largest absolute Gasteiger partial charge is 0.416 e. The Labute approximate surface area is 168 Å². The second kappa shape index (κ2) is 8.86. The average Bonchev–Trinajstić information content (AvgIpc) is 3.12. The molecule has 0 unspecified atom stereocenters. The normalized spacial score (nSPS) is 16.9. The van der Waals surface area contributed by atoms with Gasteiger partial charge in [-0.3, -0.25) is 4.79 Å². The number of halogens is 3. The molecule has 0 radical (unpaired) electrons. The number of hydrogen-bond acceptors (Lipinski definition) is 3. The van der Waals surface area contributed by atoms with Crippen molar-refractivity contribution < 1.29 is 23.1 Å². The summed E-state index contributed by atoms with van der Waals surface area (Å²) in [6.07, 6.45) is -3.21. The Kier molecular flexibility index (Phi) is 6.47. The van der Waals surface area contributed by atoms with E-state index in [-0.39, 0.29) is 18.4 Å². The predicted octanol–water partition coefficient (Wildman–Crippen LogP) is 3.52. The van der Waals surface area contributed by atoms with Gasteiger partial charge in [0.15, 0.2) is 0 Å². The molecule has 1 heterocycles. The van der Waals surface area contributed by atoms with Crippen LogP contribution in [-0.4, -0.2) is 48.7 Å². The summed E-state index contributed by atoms with van der Waals surface area (Å²) in [6, 6.07) is 12.7. The van der Waals surface area contributed by atoms with Gasteiger partial charge < -0.3 is 14.9 Å². The number of alkyl halides is 3. The number of aliphatic hydroxyl groups is 1. The van der Waals surface area contributed by atoms with E-state index < -0.39 is 11.7 Å². The van der Waals surface area contributed by atoms with E-state index in [9.17, 15) is 23.1 Å². The van der Waals surface area contributed by atoms with E-state index in [1.165, 1.54) is 12.1 Å². The average molecular weight is 406 g/mol. The molecule has 1 aliphatic heterocycles. The third-order valence-corrected chi connectivity index (χ3v) is 5.27. The zero-order valence-electron chi connectivity index (χ0n) is 16.3. The van der Waals surface area contributed by atoms with Gasteiger partial charge in [-0.05, 0) is 42.2 Å². The maximum Gasteiger partial charge on any atom is 0.416 e. The molecule has 29 heavy (non-hydrogen) atoms. The number of aliphatic hydroxyl groups excluding tert-OH is 1. The van der Waals surface area contributed by atoms with E-state index >= 15 is 0 Å². The summed E-state index contributed by atoms with van der Waals surface area (Å²) in [5.41, 5.74) is 2.02. The number of carbonyl (C=O) groups is 1. The predicted molar refractivity (Wildman–Crippen MR) is 106 cm³/mol. The molecule has 0 saturated carbocycles. The fourth-order valence-electron chi connectivity index (χ4n) is 3.53. The molecule has 2 aromatic rings. The van der Waals surface area contributed by atoms with Gasteiger partial charge in [0, 0.05) is 32.4 Å². The number of likely N-dealkylation sites (N-methyl/N-ethyl adjacent to an activating group) is 1. The van der Waals surface area contributed by atoms with Gasteiger partial charge in [0.2, 0.25) is 5.91 Å². The lowest BCUT2D eigenvalue weighted by molar-refractivity contribution is -0.137. The van der Waals surface area contributed by atoms with Gasteiger partial charge in [-0.1, -0.05) is 30.3 Å². The van der Waals surface area contributed by atoms with Gasteiger partial charge in [0.05, 0.1) is 18.1 Å². The highest BCUT2D eigenvalue weighted by Crippen LogP contribution is 2.29. The molecule has 2 aromatic carbocycles. The Bertz CT molecular complexity index is 837. The molecule has 1 N–H and O–H groups in total. The Morgan fingerprint density at radius 2 is 1.86 bits per heavy atom. The summed E-state index contributed by atoms with van der Waals surface area (Å²) in [4.78, 5) is 16.2. The molecule has 0 bridgehead atoms. The zero-order valence-corrected chi connectivity index (χ0v) is 16.3. The first-order valence-electron chi connectivity index (χ1n) is 9.65. The van der Waals surface area contributed by atoms with Crippen molar-refractivity contribution in [2.75, 3.05) is 31.6 Å². The van der Waals surface area contributed by atoms with E-state index in [0.717, 1.165) is 36.3 Å². The SMILES string of the molecule is CN(CCc1ccccc1N1CC[C@H](O)C1)C(=O)Cc1ccc(C(F)(F)F)cc1. The van der Waals surface area contributed by atoms with E-state index in [4.69, 9.17) is 0 Å². The van der Waals surface area contributed by atoms with Crippen molar-refractivity contribution in [1.82, 2.24) is 4.90 Å².